The van der Waals surface area contributed by atoms with Crippen LogP contribution in [0.3, 0.4) is 0 Å². The summed E-state index contributed by atoms with van der Waals surface area (Å²) >= 11 is 1.14. The summed E-state index contributed by atoms with van der Waals surface area (Å²) < 4.78 is 3.16. The number of thiazole rings is 1. The lowest BCUT2D eigenvalue weighted by atomic mass is 10.1. The predicted octanol–water partition coefficient (Wildman–Crippen LogP) is 4.18. The molecule has 2 aromatic heterocycles. The van der Waals surface area contributed by atoms with Crippen LogP contribution in [0.5, 0.6) is 0 Å². The molecule has 0 unspecified atom stereocenters. The summed E-state index contributed by atoms with van der Waals surface area (Å²) in [4.78, 5) is 42.7. The minimum absolute atomic E-state index is 0.115. The molecule has 0 saturated carbocycles. The molecule has 4 rings (SSSR count). The molecule has 0 radical (unpaired) electrons. The van der Waals surface area contributed by atoms with E-state index in [0.29, 0.717) is 27.8 Å². The summed E-state index contributed by atoms with van der Waals surface area (Å²) in [5, 5.41) is 3.09. The van der Waals surface area contributed by atoms with Crippen molar-refractivity contribution in [2.45, 2.75) is 33.4 Å². The third-order valence-corrected chi connectivity index (χ3v) is 5.99. The Balaban J connectivity index is 1.63. The van der Waals surface area contributed by atoms with Crippen LogP contribution in [0.25, 0.3) is 22.3 Å². The number of nitrogens with one attached hydrogen (secondary N) is 1. The van der Waals surface area contributed by atoms with Crippen molar-refractivity contribution < 1.29 is 9.59 Å². The average molecular weight is 435 g/mol. The molecule has 158 valence electrons. The fraction of sp³-hybridized carbons (Fsp3) is 0.217. The van der Waals surface area contributed by atoms with Gasteiger partial charge >= 0.3 is 5.69 Å². The lowest BCUT2D eigenvalue weighted by molar-refractivity contribution is -0.116. The predicted molar refractivity (Wildman–Crippen MR) is 123 cm³/mol. The van der Waals surface area contributed by atoms with Gasteiger partial charge in [-0.25, -0.2) is 9.78 Å². The van der Waals surface area contributed by atoms with Crippen LogP contribution in [0.15, 0.2) is 59.4 Å². The lowest BCUT2D eigenvalue weighted by Gasteiger charge is -2.03. The molecule has 2 aromatic carbocycles. The number of anilines is 1. The number of aryl methyl sites for hydroxylation is 1. The van der Waals surface area contributed by atoms with Gasteiger partial charge in [0.25, 0.3) is 0 Å². The van der Waals surface area contributed by atoms with Gasteiger partial charge in [0.2, 0.25) is 5.91 Å². The van der Waals surface area contributed by atoms with E-state index < -0.39 is 0 Å². The number of para-hydroxylation sites is 2. The number of carbonyl (C=O) groups is 2. The third kappa shape index (κ3) is 4.06. The van der Waals surface area contributed by atoms with Gasteiger partial charge in [0.05, 0.1) is 21.6 Å². The van der Waals surface area contributed by atoms with Crippen molar-refractivity contribution in [2.75, 3.05) is 5.32 Å². The van der Waals surface area contributed by atoms with E-state index in [1.54, 1.807) is 4.57 Å². The van der Waals surface area contributed by atoms with Crippen LogP contribution in [0.1, 0.15) is 29.9 Å². The highest BCUT2D eigenvalue weighted by Crippen LogP contribution is 2.31. The Morgan fingerprint density at radius 1 is 1.00 bits per heavy atom. The normalized spacial score (nSPS) is 11.0. The molecule has 31 heavy (non-hydrogen) atoms. The highest BCUT2D eigenvalue weighted by Gasteiger charge is 2.19. The molecular formula is C23H22N4O3S. The molecule has 0 atom stereocenters. The summed E-state index contributed by atoms with van der Waals surface area (Å²) in [6, 6.07) is 16.8. The Labute approximate surface area is 183 Å². The number of imidazole rings is 1. The zero-order valence-corrected chi connectivity index (χ0v) is 18.1. The molecule has 1 N–H and O–H groups in total. The zero-order chi connectivity index (χ0) is 22.0. The van der Waals surface area contributed by atoms with Crippen molar-refractivity contribution in [1.29, 1.82) is 0 Å². The summed E-state index contributed by atoms with van der Waals surface area (Å²) in [7, 11) is 0. The van der Waals surface area contributed by atoms with Crippen molar-refractivity contribution >= 4 is 39.2 Å². The van der Waals surface area contributed by atoms with Crippen LogP contribution in [-0.4, -0.2) is 25.8 Å². The number of hydrogen-bond donors (Lipinski definition) is 1. The first-order valence-electron chi connectivity index (χ1n) is 10.0. The Morgan fingerprint density at radius 3 is 2.29 bits per heavy atom. The highest BCUT2D eigenvalue weighted by molar-refractivity contribution is 7.18. The average Bonchev–Trinajstić information content (AvgIpc) is 3.30. The second-order valence-corrected chi connectivity index (χ2v) is 8.18. The van der Waals surface area contributed by atoms with E-state index in [9.17, 15) is 14.4 Å². The molecule has 0 spiro atoms. The third-order valence-electron chi connectivity index (χ3n) is 4.91. The van der Waals surface area contributed by atoms with E-state index in [0.717, 1.165) is 28.8 Å². The van der Waals surface area contributed by atoms with Gasteiger partial charge in [0, 0.05) is 19.0 Å². The van der Waals surface area contributed by atoms with Gasteiger partial charge in [-0.2, -0.15) is 0 Å². The molecule has 0 fully saturated rings. The maximum Gasteiger partial charge on any atom is 0.329 e. The quantitative estimate of drug-likeness (QED) is 0.442. The molecule has 8 heteroatoms. The number of benzene rings is 2. The molecule has 0 aliphatic rings. The number of hydrogen-bond acceptors (Lipinski definition) is 5. The van der Waals surface area contributed by atoms with Gasteiger partial charge in [0.15, 0.2) is 10.9 Å². The monoisotopic (exact) mass is 434 g/mol. The molecule has 1 amide bonds. The number of amides is 1. The van der Waals surface area contributed by atoms with Crippen molar-refractivity contribution in [3.63, 3.8) is 0 Å². The smallest absolute Gasteiger partial charge is 0.300 e. The van der Waals surface area contributed by atoms with Gasteiger partial charge in [-0.3, -0.25) is 18.7 Å². The first-order chi connectivity index (χ1) is 15.0. The summed E-state index contributed by atoms with van der Waals surface area (Å²) in [6.07, 6.45) is 0.815. The Hall–Kier alpha value is -3.52. The molecule has 0 saturated heterocycles. The minimum atomic E-state index is -0.370. The Morgan fingerprint density at radius 2 is 1.65 bits per heavy atom. The fourth-order valence-corrected chi connectivity index (χ4v) is 4.47. The minimum Gasteiger partial charge on any atom is -0.300 e. The molecule has 0 aliphatic carbocycles. The summed E-state index contributed by atoms with van der Waals surface area (Å²) in [5.74, 6) is -0.485. The molecular weight excluding hydrogens is 412 g/mol. The van der Waals surface area contributed by atoms with Crippen molar-refractivity contribution in [1.82, 2.24) is 14.1 Å². The lowest BCUT2D eigenvalue weighted by Crippen LogP contribution is -2.29. The topological polar surface area (TPSA) is 86.0 Å². The van der Waals surface area contributed by atoms with Gasteiger partial charge in [-0.15, -0.1) is 0 Å². The molecule has 2 heterocycles. The van der Waals surface area contributed by atoms with Crippen molar-refractivity contribution in [3.05, 3.63) is 70.0 Å². The standard InChI is InChI=1S/C23H22N4O3S/c1-3-13-26-17-11-7-8-12-18(17)27(23(26)30)14-19(29)24-22-25-20(21(31-22)15(2)28)16-9-5-4-6-10-16/h4-12H,3,13-14H2,1-2H3,(H,24,25,29). The fourth-order valence-electron chi connectivity index (χ4n) is 3.57. The maximum absolute atomic E-state index is 12.9. The molecule has 4 aromatic rings. The molecule has 0 aliphatic heterocycles. The van der Waals surface area contributed by atoms with Crippen LogP contribution >= 0.6 is 11.3 Å². The summed E-state index contributed by atoms with van der Waals surface area (Å²) in [5.41, 5.74) is 2.66. The van der Waals surface area contributed by atoms with Gasteiger partial charge in [0.1, 0.15) is 6.54 Å². The van der Waals surface area contributed by atoms with E-state index in [4.69, 9.17) is 0 Å². The Kier molecular flexibility index (Phi) is 5.81. The van der Waals surface area contributed by atoms with Crippen LogP contribution in [-0.2, 0) is 17.9 Å². The second kappa shape index (κ2) is 8.69. The van der Waals surface area contributed by atoms with Crippen LogP contribution < -0.4 is 11.0 Å². The summed E-state index contributed by atoms with van der Waals surface area (Å²) in [6.45, 7) is 3.94. The van der Waals surface area contributed by atoms with Crippen LogP contribution in [0, 0.1) is 0 Å². The van der Waals surface area contributed by atoms with Crippen molar-refractivity contribution in [2.24, 2.45) is 0 Å². The van der Waals surface area contributed by atoms with Gasteiger partial charge < -0.3 is 5.32 Å². The van der Waals surface area contributed by atoms with Gasteiger partial charge in [-0.05, 0) is 18.6 Å². The van der Waals surface area contributed by atoms with Crippen LogP contribution in [0.2, 0.25) is 0 Å². The van der Waals surface area contributed by atoms with Gasteiger partial charge in [-0.1, -0.05) is 60.7 Å². The Bertz CT molecular complexity index is 1320. The van der Waals surface area contributed by atoms with E-state index in [2.05, 4.69) is 10.3 Å². The number of ketones is 1. The van der Waals surface area contributed by atoms with E-state index in [-0.39, 0.29) is 23.9 Å². The number of rotatable bonds is 7. The number of Topliss-reactive ketones (excluding diaryl/α,β-unsaturated/α-hetero) is 1. The van der Waals surface area contributed by atoms with E-state index in [1.165, 1.54) is 11.5 Å². The van der Waals surface area contributed by atoms with Crippen molar-refractivity contribution in [3.8, 4) is 11.3 Å². The first kappa shape index (κ1) is 20.7. The molecule has 0 bridgehead atoms. The first-order valence-corrected chi connectivity index (χ1v) is 10.9. The number of nitrogens with zero attached hydrogens (tertiary/aromatic N) is 3. The molecule has 7 nitrogen and oxygen atoms in total. The SMILES string of the molecule is CCCn1c(=O)n(CC(=O)Nc2nc(-c3ccccc3)c(C(C)=O)s2)c2ccccc21. The maximum atomic E-state index is 12.9. The zero-order valence-electron chi connectivity index (χ0n) is 17.3. The second-order valence-electron chi connectivity index (χ2n) is 7.18. The number of carbonyl (C=O) groups excluding carboxylic acids is 2. The van der Waals surface area contributed by atoms with Crippen LogP contribution in [0.4, 0.5) is 5.13 Å². The number of aromatic nitrogens is 3. The van der Waals surface area contributed by atoms with E-state index in [1.807, 2.05) is 61.5 Å². The largest absolute Gasteiger partial charge is 0.329 e. The van der Waals surface area contributed by atoms with E-state index >= 15 is 0 Å². The number of fused-ring (bicyclic) bond motifs is 1. The highest BCUT2D eigenvalue weighted by atomic mass is 32.1.